The van der Waals surface area contributed by atoms with Crippen molar-refractivity contribution in [3.63, 3.8) is 0 Å². The maximum atomic E-state index is 4.37. The average molecular weight is 270 g/mol. The molecule has 0 saturated carbocycles. The number of nitrogens with zero attached hydrogens (tertiary/aromatic N) is 5. The zero-order valence-corrected chi connectivity index (χ0v) is 11.5. The predicted molar refractivity (Wildman–Crippen MR) is 76.0 cm³/mol. The van der Waals surface area contributed by atoms with Crippen molar-refractivity contribution in [2.75, 3.05) is 31.1 Å². The molecule has 0 radical (unpaired) electrons. The van der Waals surface area contributed by atoms with E-state index in [1.165, 1.54) is 0 Å². The van der Waals surface area contributed by atoms with Crippen molar-refractivity contribution in [2.45, 2.75) is 6.92 Å². The Bertz CT molecular complexity index is 592. The summed E-state index contributed by atoms with van der Waals surface area (Å²) in [6, 6.07) is 6.00. The van der Waals surface area contributed by atoms with E-state index in [0.717, 1.165) is 55.3 Å². The second-order valence-corrected chi connectivity index (χ2v) is 5.73. The summed E-state index contributed by atoms with van der Waals surface area (Å²) in [5, 5.41) is 16.5. The van der Waals surface area contributed by atoms with Crippen LogP contribution in [0.4, 0.5) is 5.82 Å². The van der Waals surface area contributed by atoms with E-state index in [0.29, 0.717) is 0 Å². The van der Waals surface area contributed by atoms with E-state index >= 15 is 0 Å². The molecular weight excluding hydrogens is 252 g/mol. The van der Waals surface area contributed by atoms with Gasteiger partial charge in [0.2, 0.25) is 0 Å². The first kappa shape index (κ1) is 11.8. The molecule has 0 aliphatic carbocycles. The Morgan fingerprint density at radius 3 is 2.35 bits per heavy atom. The third-order valence-electron chi connectivity index (χ3n) is 4.31. The number of hydrogen-bond donors (Lipinski definition) is 1. The van der Waals surface area contributed by atoms with Crippen LogP contribution in [0.1, 0.15) is 5.69 Å². The van der Waals surface area contributed by atoms with Gasteiger partial charge in [-0.3, -0.25) is 0 Å². The highest BCUT2D eigenvalue weighted by atomic mass is 15.4. The second kappa shape index (κ2) is 4.56. The van der Waals surface area contributed by atoms with Crippen LogP contribution < -0.4 is 10.2 Å². The lowest BCUT2D eigenvalue weighted by Gasteiger charge is -2.17. The molecule has 2 fully saturated rings. The summed E-state index contributed by atoms with van der Waals surface area (Å²) in [5.74, 6) is 3.28. The molecule has 0 unspecified atom stereocenters. The van der Waals surface area contributed by atoms with E-state index in [1.807, 2.05) is 31.3 Å². The topological polar surface area (TPSA) is 58.9 Å². The summed E-state index contributed by atoms with van der Waals surface area (Å²) in [6.07, 6.45) is 1.91. The van der Waals surface area contributed by atoms with Gasteiger partial charge in [0.05, 0.1) is 5.69 Å². The molecule has 2 aromatic heterocycles. The van der Waals surface area contributed by atoms with Gasteiger partial charge in [-0.15, -0.1) is 10.2 Å². The molecule has 6 heteroatoms. The molecule has 2 saturated heterocycles. The van der Waals surface area contributed by atoms with Crippen LogP contribution in [0.3, 0.4) is 0 Å². The highest BCUT2D eigenvalue weighted by Gasteiger charge is 2.36. The van der Waals surface area contributed by atoms with Crippen LogP contribution >= 0.6 is 0 Å². The maximum absolute atomic E-state index is 4.37. The quantitative estimate of drug-likeness (QED) is 0.867. The van der Waals surface area contributed by atoms with Gasteiger partial charge in [0, 0.05) is 32.4 Å². The van der Waals surface area contributed by atoms with Gasteiger partial charge in [0.1, 0.15) is 0 Å². The zero-order chi connectivity index (χ0) is 13.5. The highest BCUT2D eigenvalue weighted by Crippen LogP contribution is 2.29. The van der Waals surface area contributed by atoms with Gasteiger partial charge in [-0.1, -0.05) is 0 Å². The van der Waals surface area contributed by atoms with Gasteiger partial charge < -0.3 is 10.2 Å². The fraction of sp³-hybridized carbons (Fsp3) is 0.500. The zero-order valence-electron chi connectivity index (χ0n) is 11.5. The first-order valence-electron chi connectivity index (χ1n) is 7.11. The lowest BCUT2D eigenvalue weighted by Crippen LogP contribution is -2.26. The summed E-state index contributed by atoms with van der Waals surface area (Å²) in [4.78, 5) is 2.35. The van der Waals surface area contributed by atoms with Gasteiger partial charge in [0.15, 0.2) is 11.6 Å². The summed E-state index contributed by atoms with van der Waals surface area (Å²) in [7, 11) is 0. The van der Waals surface area contributed by atoms with Crippen molar-refractivity contribution in [3.05, 3.63) is 30.1 Å². The summed E-state index contributed by atoms with van der Waals surface area (Å²) in [6.45, 7) is 6.42. The Balaban J connectivity index is 1.53. The van der Waals surface area contributed by atoms with Crippen LogP contribution in [0.15, 0.2) is 24.4 Å². The van der Waals surface area contributed by atoms with Crippen molar-refractivity contribution in [1.29, 1.82) is 0 Å². The summed E-state index contributed by atoms with van der Waals surface area (Å²) >= 11 is 0. The third kappa shape index (κ3) is 1.96. The Hall–Kier alpha value is -1.95. The minimum absolute atomic E-state index is 0.767. The average Bonchev–Trinajstić information content (AvgIpc) is 3.13. The van der Waals surface area contributed by atoms with Crippen molar-refractivity contribution in [1.82, 2.24) is 25.3 Å². The van der Waals surface area contributed by atoms with Gasteiger partial charge in [-0.25, -0.2) is 4.68 Å². The molecule has 104 valence electrons. The molecule has 0 spiro atoms. The molecule has 2 aliphatic heterocycles. The number of nitrogens with one attached hydrogen (secondary N) is 1. The van der Waals surface area contributed by atoms with E-state index in [9.17, 15) is 0 Å². The molecule has 4 heterocycles. The third-order valence-corrected chi connectivity index (χ3v) is 4.31. The maximum Gasteiger partial charge on any atom is 0.175 e. The smallest absolute Gasteiger partial charge is 0.175 e. The van der Waals surface area contributed by atoms with Crippen LogP contribution in [-0.4, -0.2) is 46.2 Å². The van der Waals surface area contributed by atoms with Crippen LogP contribution in [0.2, 0.25) is 0 Å². The van der Waals surface area contributed by atoms with Gasteiger partial charge in [-0.05, 0) is 37.0 Å². The Labute approximate surface area is 117 Å². The molecule has 0 amide bonds. The minimum Gasteiger partial charge on any atom is -0.354 e. The van der Waals surface area contributed by atoms with Gasteiger partial charge in [0.25, 0.3) is 0 Å². The predicted octanol–water partition coefficient (Wildman–Crippen LogP) is 0.626. The first-order chi connectivity index (χ1) is 9.79. The fourth-order valence-corrected chi connectivity index (χ4v) is 3.19. The number of hydrogen-bond acceptors (Lipinski definition) is 5. The monoisotopic (exact) mass is 270 g/mol. The number of aromatic nitrogens is 4. The molecular formula is C14H18N6. The molecule has 20 heavy (non-hydrogen) atoms. The number of rotatable bonds is 2. The van der Waals surface area contributed by atoms with E-state index in [-0.39, 0.29) is 0 Å². The molecule has 1 N–H and O–H groups in total. The van der Waals surface area contributed by atoms with Crippen LogP contribution in [-0.2, 0) is 0 Å². The van der Waals surface area contributed by atoms with Crippen LogP contribution in [0.25, 0.3) is 5.82 Å². The Kier molecular flexibility index (Phi) is 2.70. The molecule has 4 rings (SSSR count). The molecule has 0 bridgehead atoms. The van der Waals surface area contributed by atoms with E-state index in [4.69, 9.17) is 0 Å². The first-order valence-corrected chi connectivity index (χ1v) is 7.11. The minimum atomic E-state index is 0.767. The molecule has 2 aromatic rings. The molecule has 0 aromatic carbocycles. The Morgan fingerprint density at radius 2 is 1.75 bits per heavy atom. The largest absolute Gasteiger partial charge is 0.354 e. The van der Waals surface area contributed by atoms with E-state index in [2.05, 4.69) is 25.5 Å². The standard InChI is InChI=1S/C14H18N6/c1-10-4-5-20(18-10)14-3-2-13(16-17-14)19-8-11-6-15-7-12(11)9-19/h2-5,11-12,15H,6-9H2,1H3/t11-,12+. The van der Waals surface area contributed by atoms with Crippen LogP contribution in [0.5, 0.6) is 0 Å². The van der Waals surface area contributed by atoms with E-state index < -0.39 is 0 Å². The van der Waals surface area contributed by atoms with Crippen molar-refractivity contribution < 1.29 is 0 Å². The number of fused-ring (bicyclic) bond motifs is 1. The van der Waals surface area contributed by atoms with Crippen molar-refractivity contribution in [2.24, 2.45) is 11.8 Å². The fourth-order valence-electron chi connectivity index (χ4n) is 3.19. The second-order valence-electron chi connectivity index (χ2n) is 5.73. The lowest BCUT2D eigenvalue weighted by molar-refractivity contribution is 0.533. The molecule has 2 atom stereocenters. The lowest BCUT2D eigenvalue weighted by atomic mass is 10.0. The van der Waals surface area contributed by atoms with Crippen molar-refractivity contribution in [3.8, 4) is 5.82 Å². The SMILES string of the molecule is Cc1ccn(-c2ccc(N3C[C@H]4CNC[C@H]4C3)nn2)n1. The molecule has 6 nitrogen and oxygen atoms in total. The molecule has 2 aliphatic rings. The number of aryl methyl sites for hydroxylation is 1. The van der Waals surface area contributed by atoms with Gasteiger partial charge >= 0.3 is 0 Å². The summed E-state index contributed by atoms with van der Waals surface area (Å²) < 4.78 is 1.76. The highest BCUT2D eigenvalue weighted by molar-refractivity contribution is 5.41. The van der Waals surface area contributed by atoms with E-state index in [1.54, 1.807) is 4.68 Å². The van der Waals surface area contributed by atoms with Crippen LogP contribution in [0, 0.1) is 18.8 Å². The normalized spacial score (nSPS) is 25.1. The van der Waals surface area contributed by atoms with Crippen molar-refractivity contribution >= 4 is 5.82 Å². The Morgan fingerprint density at radius 1 is 1.05 bits per heavy atom. The number of anilines is 1. The van der Waals surface area contributed by atoms with Gasteiger partial charge in [-0.2, -0.15) is 5.10 Å². The summed E-state index contributed by atoms with van der Waals surface area (Å²) in [5.41, 5.74) is 0.982.